The summed E-state index contributed by atoms with van der Waals surface area (Å²) in [5, 5.41) is 10.4. The number of piperazine rings is 1. The number of hydrogen-bond donors (Lipinski definition) is 3. The summed E-state index contributed by atoms with van der Waals surface area (Å²) in [6, 6.07) is 8.98. The number of phenolic OH excluding ortho intramolecular Hbond substituents is 1. The minimum Gasteiger partial charge on any atom is -0.507 e. The number of hydrogen-bond acceptors (Lipinski definition) is 4. The molecule has 2 heterocycles. The fourth-order valence-corrected chi connectivity index (χ4v) is 3.99. The van der Waals surface area contributed by atoms with E-state index in [1.54, 1.807) is 19.1 Å². The minimum absolute atomic E-state index is 0.0624. The summed E-state index contributed by atoms with van der Waals surface area (Å²) >= 11 is 0. The van der Waals surface area contributed by atoms with Crippen molar-refractivity contribution in [1.29, 1.82) is 0 Å². The molecule has 3 aromatic rings. The Balaban J connectivity index is 1.85. The van der Waals surface area contributed by atoms with Gasteiger partial charge < -0.3 is 24.1 Å². The highest BCUT2D eigenvalue weighted by molar-refractivity contribution is 5.83. The van der Waals surface area contributed by atoms with Gasteiger partial charge in [-0.25, -0.2) is 0 Å². The number of nitrogens with one attached hydrogen (secondary N) is 2. The zero-order valence-corrected chi connectivity index (χ0v) is 17.8. The van der Waals surface area contributed by atoms with E-state index < -0.39 is 23.1 Å². The first-order valence-electron chi connectivity index (χ1n) is 10.4. The van der Waals surface area contributed by atoms with E-state index in [-0.39, 0.29) is 34.6 Å². The number of ether oxygens (including phenoxy) is 1. The zero-order valence-electron chi connectivity index (χ0n) is 17.8. The molecule has 1 aromatic heterocycles. The lowest BCUT2D eigenvalue weighted by atomic mass is 10.1. The highest BCUT2D eigenvalue weighted by atomic mass is 19.4. The van der Waals surface area contributed by atoms with Gasteiger partial charge in [-0.3, -0.25) is 4.79 Å². The second kappa shape index (κ2) is 8.48. The van der Waals surface area contributed by atoms with E-state index in [2.05, 4.69) is 7.05 Å². The number of likely N-dealkylation sites (N-methyl/N-ethyl adjacent to an activating group) is 1. The van der Waals surface area contributed by atoms with Crippen molar-refractivity contribution < 1.29 is 37.2 Å². The van der Waals surface area contributed by atoms with Gasteiger partial charge in [0.2, 0.25) is 11.2 Å². The topological polar surface area (TPSA) is 68.6 Å². The highest BCUT2D eigenvalue weighted by Gasteiger charge is 2.41. The van der Waals surface area contributed by atoms with Gasteiger partial charge in [0.15, 0.2) is 5.58 Å². The molecule has 0 bridgehead atoms. The van der Waals surface area contributed by atoms with Crippen LogP contribution in [0.15, 0.2) is 45.6 Å². The highest BCUT2D eigenvalue weighted by Crippen LogP contribution is 2.39. The largest absolute Gasteiger partial charge is 0.507 e. The number of quaternary nitrogens is 2. The van der Waals surface area contributed by atoms with Crippen molar-refractivity contribution >= 4 is 11.0 Å². The number of halogens is 3. The van der Waals surface area contributed by atoms with Crippen LogP contribution in [0, 0.1) is 6.92 Å². The van der Waals surface area contributed by atoms with E-state index in [0.717, 1.165) is 36.6 Å². The van der Waals surface area contributed by atoms with Crippen LogP contribution in [0.25, 0.3) is 11.0 Å². The number of aryl methyl sites for hydroxylation is 1. The normalized spacial score (nSPS) is 19.3. The molecule has 3 N–H and O–H groups in total. The van der Waals surface area contributed by atoms with Crippen molar-refractivity contribution in [3.63, 3.8) is 0 Å². The van der Waals surface area contributed by atoms with Gasteiger partial charge in [-0.05, 0) is 36.8 Å². The van der Waals surface area contributed by atoms with E-state index in [0.29, 0.717) is 0 Å². The van der Waals surface area contributed by atoms with E-state index in [4.69, 9.17) is 9.15 Å². The minimum atomic E-state index is -4.96. The molecule has 6 nitrogen and oxygen atoms in total. The SMILES string of the molecule is Cc1cccc(Oc2c(C(F)(F)F)oc3c(C[NH+]4CC[NH+](C)CC4)c(O)ccc3c2=O)c1. The number of rotatable bonds is 4. The predicted octanol–water partition coefficient (Wildman–Crippen LogP) is 1.53. The maximum absolute atomic E-state index is 13.9. The number of benzene rings is 2. The lowest BCUT2D eigenvalue weighted by Gasteiger charge is -2.27. The monoisotopic (exact) mass is 450 g/mol. The van der Waals surface area contributed by atoms with E-state index in [9.17, 15) is 23.1 Å². The number of phenols is 1. The van der Waals surface area contributed by atoms with Crippen LogP contribution in [0.2, 0.25) is 0 Å². The fourth-order valence-electron chi connectivity index (χ4n) is 3.99. The van der Waals surface area contributed by atoms with Crippen LogP contribution < -0.4 is 20.0 Å². The van der Waals surface area contributed by atoms with Crippen LogP contribution in [0.5, 0.6) is 17.2 Å². The maximum Gasteiger partial charge on any atom is 0.453 e. The second-order valence-corrected chi connectivity index (χ2v) is 8.33. The zero-order chi connectivity index (χ0) is 23.0. The molecule has 32 heavy (non-hydrogen) atoms. The van der Waals surface area contributed by atoms with Crippen molar-refractivity contribution in [2.75, 3.05) is 33.2 Å². The van der Waals surface area contributed by atoms with E-state index >= 15 is 0 Å². The number of aromatic hydroxyl groups is 1. The van der Waals surface area contributed by atoms with Crippen molar-refractivity contribution in [2.45, 2.75) is 19.6 Å². The molecule has 1 fully saturated rings. The average molecular weight is 450 g/mol. The van der Waals surface area contributed by atoms with Gasteiger partial charge in [-0.2, -0.15) is 13.2 Å². The molecule has 0 amide bonds. The van der Waals surface area contributed by atoms with Crippen LogP contribution in [-0.4, -0.2) is 38.3 Å². The summed E-state index contributed by atoms with van der Waals surface area (Å²) in [5.41, 5.74) is -0.218. The third-order valence-corrected chi connectivity index (χ3v) is 5.80. The summed E-state index contributed by atoms with van der Waals surface area (Å²) in [7, 11) is 2.08. The first kappa shape index (κ1) is 22.2. The van der Waals surface area contributed by atoms with E-state index in [1.165, 1.54) is 29.2 Å². The van der Waals surface area contributed by atoms with Gasteiger partial charge in [0.25, 0.3) is 5.76 Å². The molecule has 0 spiro atoms. The Morgan fingerprint density at radius 3 is 2.50 bits per heavy atom. The van der Waals surface area contributed by atoms with Gasteiger partial charge in [-0.1, -0.05) is 12.1 Å². The first-order chi connectivity index (χ1) is 15.1. The molecular formula is C23H25F3N2O4+2. The molecule has 1 aliphatic rings. The van der Waals surface area contributed by atoms with Crippen molar-refractivity contribution in [2.24, 2.45) is 0 Å². The van der Waals surface area contributed by atoms with E-state index in [1.807, 2.05) is 0 Å². The molecule has 1 aliphatic heterocycles. The Bertz CT molecular complexity index is 1200. The molecule has 0 saturated carbocycles. The van der Waals surface area contributed by atoms with Crippen LogP contribution in [0.3, 0.4) is 0 Å². The lowest BCUT2D eigenvalue weighted by molar-refractivity contribution is -1.01. The van der Waals surface area contributed by atoms with Gasteiger partial charge >= 0.3 is 6.18 Å². The second-order valence-electron chi connectivity index (χ2n) is 8.33. The average Bonchev–Trinajstić information content (AvgIpc) is 2.72. The Morgan fingerprint density at radius 1 is 1.12 bits per heavy atom. The summed E-state index contributed by atoms with van der Waals surface area (Å²) in [6.45, 7) is 5.44. The van der Waals surface area contributed by atoms with Crippen molar-refractivity contribution in [3.8, 4) is 17.2 Å². The standard InChI is InChI=1S/C23H23F3N2O4/c1-14-4-3-5-15(12-14)31-21-19(30)16-6-7-18(29)17(13-28-10-8-27(2)9-11-28)20(16)32-22(21)23(24,25)26/h3-7,12,29H,8-11,13H2,1-2H3/p+2. The Labute approximate surface area is 182 Å². The van der Waals surface area contributed by atoms with Gasteiger partial charge in [-0.15, -0.1) is 0 Å². The van der Waals surface area contributed by atoms with Crippen LogP contribution >= 0.6 is 0 Å². The Hall–Kier alpha value is -3.04. The van der Waals surface area contributed by atoms with Crippen LogP contribution in [0.1, 0.15) is 16.9 Å². The fraction of sp³-hybridized carbons (Fsp3) is 0.348. The Kier molecular flexibility index (Phi) is 5.87. The molecule has 4 rings (SSSR count). The third kappa shape index (κ3) is 4.44. The predicted molar refractivity (Wildman–Crippen MR) is 111 cm³/mol. The van der Waals surface area contributed by atoms with Gasteiger partial charge in [0, 0.05) is 0 Å². The molecule has 0 unspecified atom stereocenters. The summed E-state index contributed by atoms with van der Waals surface area (Å²) in [4.78, 5) is 15.6. The number of fused-ring (bicyclic) bond motifs is 1. The molecule has 170 valence electrons. The molecule has 0 aliphatic carbocycles. The lowest BCUT2D eigenvalue weighted by Crippen LogP contribution is -3.26. The maximum atomic E-state index is 13.9. The van der Waals surface area contributed by atoms with Gasteiger partial charge in [0.05, 0.1) is 18.0 Å². The summed E-state index contributed by atoms with van der Waals surface area (Å²) < 4.78 is 52.3. The van der Waals surface area contributed by atoms with Gasteiger partial charge in [0.1, 0.15) is 44.2 Å². The first-order valence-corrected chi connectivity index (χ1v) is 10.4. The smallest absolute Gasteiger partial charge is 0.453 e. The molecule has 9 heteroatoms. The quantitative estimate of drug-likeness (QED) is 0.564. The van der Waals surface area contributed by atoms with Crippen LogP contribution in [0.4, 0.5) is 13.2 Å². The van der Waals surface area contributed by atoms with Crippen molar-refractivity contribution in [1.82, 2.24) is 0 Å². The van der Waals surface area contributed by atoms with Crippen molar-refractivity contribution in [3.05, 3.63) is 63.5 Å². The summed E-state index contributed by atoms with van der Waals surface area (Å²) in [5.74, 6) is -2.52. The van der Waals surface area contributed by atoms with Crippen LogP contribution in [-0.2, 0) is 12.7 Å². The molecule has 0 radical (unpaired) electrons. The Morgan fingerprint density at radius 2 is 1.84 bits per heavy atom. The molecular weight excluding hydrogens is 425 g/mol. The summed E-state index contributed by atoms with van der Waals surface area (Å²) in [6.07, 6.45) is -4.96. The molecule has 0 atom stereocenters. The third-order valence-electron chi connectivity index (χ3n) is 5.80. The molecule has 1 saturated heterocycles. The number of alkyl halides is 3. The molecule has 2 aromatic carbocycles.